The molecule has 0 saturated carbocycles. The fourth-order valence-corrected chi connectivity index (χ4v) is 3.45. The van der Waals surface area contributed by atoms with Crippen LogP contribution < -0.4 is 4.74 Å². The third-order valence-electron chi connectivity index (χ3n) is 4.90. The Hall–Kier alpha value is -0.970. The van der Waals surface area contributed by atoms with E-state index in [4.69, 9.17) is 44.3 Å². The van der Waals surface area contributed by atoms with Gasteiger partial charge < -0.3 is 9.47 Å². The fraction of sp³-hybridized carbons (Fsp3) is 0.619. The Morgan fingerprint density at radius 2 is 1.39 bits per heavy atom. The van der Waals surface area contributed by atoms with Crippen LogP contribution in [0.4, 0.5) is 0 Å². The van der Waals surface area contributed by atoms with Gasteiger partial charge in [-0.15, -0.1) is 0 Å². The molecule has 1 aromatic rings. The zero-order valence-corrected chi connectivity index (χ0v) is 19.1. The molecule has 28 heavy (non-hydrogen) atoms. The molecular weight excluding hydrogens is 423 g/mol. The Bertz CT molecular complexity index is 657. The van der Waals surface area contributed by atoms with Crippen molar-refractivity contribution in [3.63, 3.8) is 0 Å². The summed E-state index contributed by atoms with van der Waals surface area (Å²) in [5, 5.41) is 0.601. The van der Waals surface area contributed by atoms with Crippen LogP contribution in [-0.2, 0) is 14.3 Å². The maximum Gasteiger partial charge on any atom is 0.328 e. The van der Waals surface area contributed by atoms with Gasteiger partial charge in [-0.1, -0.05) is 87.7 Å². The van der Waals surface area contributed by atoms with Gasteiger partial charge in [0.15, 0.2) is 11.2 Å². The van der Waals surface area contributed by atoms with Crippen molar-refractivity contribution in [2.75, 3.05) is 6.61 Å². The Labute approximate surface area is 182 Å². The molecular formula is C21H29Cl3O4. The van der Waals surface area contributed by atoms with Gasteiger partial charge in [-0.05, 0) is 25.3 Å². The first-order valence-electron chi connectivity index (χ1n) is 9.86. The average Bonchev–Trinajstić information content (AvgIpc) is 2.66. The van der Waals surface area contributed by atoms with Crippen LogP contribution in [0.5, 0.6) is 5.75 Å². The van der Waals surface area contributed by atoms with Crippen LogP contribution >= 0.6 is 34.8 Å². The first kappa shape index (κ1) is 25.1. The predicted molar refractivity (Wildman–Crippen MR) is 114 cm³/mol. The van der Waals surface area contributed by atoms with Crippen molar-refractivity contribution in [2.45, 2.75) is 72.1 Å². The van der Waals surface area contributed by atoms with Gasteiger partial charge in [-0.25, -0.2) is 0 Å². The molecule has 158 valence electrons. The van der Waals surface area contributed by atoms with E-state index in [1.807, 2.05) is 0 Å². The molecule has 0 amide bonds. The van der Waals surface area contributed by atoms with Gasteiger partial charge in [0.25, 0.3) is 0 Å². The lowest BCUT2D eigenvalue weighted by Gasteiger charge is -2.27. The van der Waals surface area contributed by atoms with Crippen LogP contribution in [0.15, 0.2) is 12.1 Å². The maximum absolute atomic E-state index is 12.8. The molecule has 0 aliphatic rings. The molecule has 0 aromatic heterocycles. The molecule has 0 aliphatic heterocycles. The predicted octanol–water partition coefficient (Wildman–Crippen LogP) is 7.26. The first-order chi connectivity index (χ1) is 13.3. The maximum atomic E-state index is 12.8. The van der Waals surface area contributed by atoms with E-state index < -0.39 is 17.4 Å². The van der Waals surface area contributed by atoms with Gasteiger partial charge in [0.1, 0.15) is 0 Å². The molecule has 0 bridgehead atoms. The lowest BCUT2D eigenvalue weighted by molar-refractivity contribution is -0.168. The highest BCUT2D eigenvalue weighted by atomic mass is 35.5. The molecule has 0 unspecified atom stereocenters. The third kappa shape index (κ3) is 6.82. The second kappa shape index (κ2) is 12.6. The van der Waals surface area contributed by atoms with E-state index in [0.717, 1.165) is 19.3 Å². The SMILES string of the molecule is CCCCCCCCOC(=O)C(CC)(CC)C(=O)Oc1cc(Cl)c(Cl)cc1Cl. The van der Waals surface area contributed by atoms with Gasteiger partial charge in [-0.3, -0.25) is 9.59 Å². The fourth-order valence-electron chi connectivity index (χ4n) is 2.88. The number of carbonyl (C=O) groups excluding carboxylic acids is 2. The molecule has 1 rings (SSSR count). The Morgan fingerprint density at radius 1 is 0.821 bits per heavy atom. The van der Waals surface area contributed by atoms with Crippen molar-refractivity contribution in [3.8, 4) is 5.75 Å². The highest BCUT2D eigenvalue weighted by molar-refractivity contribution is 6.43. The minimum absolute atomic E-state index is 0.0658. The van der Waals surface area contributed by atoms with Gasteiger partial charge in [-0.2, -0.15) is 0 Å². The summed E-state index contributed by atoms with van der Waals surface area (Å²) in [5.74, 6) is -1.20. The van der Waals surface area contributed by atoms with Gasteiger partial charge in [0, 0.05) is 6.07 Å². The van der Waals surface area contributed by atoms with Crippen LogP contribution in [0, 0.1) is 5.41 Å². The van der Waals surface area contributed by atoms with Crippen LogP contribution in [0.2, 0.25) is 15.1 Å². The summed E-state index contributed by atoms with van der Waals surface area (Å²) >= 11 is 17.9. The number of esters is 2. The van der Waals surface area contributed by atoms with E-state index in [1.54, 1.807) is 13.8 Å². The number of hydrogen-bond donors (Lipinski definition) is 0. The lowest BCUT2D eigenvalue weighted by Crippen LogP contribution is -2.42. The van der Waals surface area contributed by atoms with E-state index >= 15 is 0 Å². The average molecular weight is 452 g/mol. The van der Waals surface area contributed by atoms with Crippen molar-refractivity contribution in [1.82, 2.24) is 0 Å². The van der Waals surface area contributed by atoms with Crippen molar-refractivity contribution in [1.29, 1.82) is 0 Å². The van der Waals surface area contributed by atoms with E-state index in [-0.39, 0.29) is 33.7 Å². The monoisotopic (exact) mass is 450 g/mol. The van der Waals surface area contributed by atoms with Crippen molar-refractivity contribution >= 4 is 46.7 Å². The van der Waals surface area contributed by atoms with Crippen LogP contribution in [0.25, 0.3) is 0 Å². The molecule has 1 aromatic carbocycles. The molecule has 4 nitrogen and oxygen atoms in total. The Balaban J connectivity index is 2.73. The van der Waals surface area contributed by atoms with E-state index in [1.165, 1.54) is 31.4 Å². The van der Waals surface area contributed by atoms with Crippen LogP contribution in [-0.4, -0.2) is 18.5 Å². The smallest absolute Gasteiger partial charge is 0.328 e. The number of halogens is 3. The Kier molecular flexibility index (Phi) is 11.2. The topological polar surface area (TPSA) is 52.6 Å². The summed E-state index contributed by atoms with van der Waals surface area (Å²) in [6.07, 6.45) is 7.03. The van der Waals surface area contributed by atoms with E-state index in [2.05, 4.69) is 6.92 Å². The molecule has 0 spiro atoms. The minimum atomic E-state index is -1.38. The second-order valence-electron chi connectivity index (χ2n) is 6.78. The number of unbranched alkanes of at least 4 members (excludes halogenated alkanes) is 5. The second-order valence-corrected chi connectivity index (χ2v) is 8.00. The summed E-state index contributed by atoms with van der Waals surface area (Å²) in [6, 6.07) is 2.76. The van der Waals surface area contributed by atoms with Crippen LogP contribution in [0.3, 0.4) is 0 Å². The highest BCUT2D eigenvalue weighted by Gasteiger charge is 2.46. The zero-order valence-electron chi connectivity index (χ0n) is 16.8. The number of ether oxygens (including phenoxy) is 2. The molecule has 0 atom stereocenters. The summed E-state index contributed by atoms with van der Waals surface area (Å²) < 4.78 is 10.8. The normalized spacial score (nSPS) is 11.4. The molecule has 0 N–H and O–H groups in total. The minimum Gasteiger partial charge on any atom is -0.465 e. The number of hydrogen-bond acceptors (Lipinski definition) is 4. The molecule has 0 aliphatic carbocycles. The number of benzene rings is 1. The molecule has 0 radical (unpaired) electrons. The highest BCUT2D eigenvalue weighted by Crippen LogP contribution is 2.37. The molecule has 0 heterocycles. The lowest BCUT2D eigenvalue weighted by atomic mass is 9.82. The number of rotatable bonds is 12. The van der Waals surface area contributed by atoms with Crippen LogP contribution in [0.1, 0.15) is 72.1 Å². The number of carbonyl (C=O) groups is 2. The zero-order chi connectivity index (χ0) is 21.2. The van der Waals surface area contributed by atoms with Crippen molar-refractivity contribution in [3.05, 3.63) is 27.2 Å². The van der Waals surface area contributed by atoms with E-state index in [9.17, 15) is 9.59 Å². The molecule has 0 saturated heterocycles. The summed E-state index contributed by atoms with van der Waals surface area (Å²) in [6.45, 7) is 5.98. The summed E-state index contributed by atoms with van der Waals surface area (Å²) in [4.78, 5) is 25.5. The third-order valence-corrected chi connectivity index (χ3v) is 5.91. The summed E-state index contributed by atoms with van der Waals surface area (Å²) in [7, 11) is 0. The largest absolute Gasteiger partial charge is 0.465 e. The van der Waals surface area contributed by atoms with Gasteiger partial charge in [0.05, 0.1) is 21.7 Å². The van der Waals surface area contributed by atoms with Crippen molar-refractivity contribution < 1.29 is 19.1 Å². The summed E-state index contributed by atoms with van der Waals surface area (Å²) in [5.41, 5.74) is -1.38. The van der Waals surface area contributed by atoms with Gasteiger partial charge >= 0.3 is 11.9 Å². The molecule has 7 heteroatoms. The first-order valence-corrected chi connectivity index (χ1v) is 11.0. The quantitative estimate of drug-likeness (QED) is 0.110. The van der Waals surface area contributed by atoms with Gasteiger partial charge in [0.2, 0.25) is 0 Å². The standard InChI is InChI=1S/C21H29Cl3O4/c1-4-7-8-9-10-11-12-27-19(25)21(5-2,6-3)20(26)28-18-14-16(23)15(22)13-17(18)24/h13-14H,4-12H2,1-3H3. The Morgan fingerprint density at radius 3 is 2.00 bits per heavy atom. The molecule has 0 fully saturated rings. The van der Waals surface area contributed by atoms with E-state index in [0.29, 0.717) is 6.61 Å². The van der Waals surface area contributed by atoms with Crippen molar-refractivity contribution in [2.24, 2.45) is 5.41 Å².